The first kappa shape index (κ1) is 18.5. The van der Waals surface area contributed by atoms with Gasteiger partial charge in [0.1, 0.15) is 5.84 Å². The summed E-state index contributed by atoms with van der Waals surface area (Å²) < 4.78 is 0. The van der Waals surface area contributed by atoms with Crippen molar-refractivity contribution in [3.05, 3.63) is 33.9 Å². The minimum atomic E-state index is -0.332. The van der Waals surface area contributed by atoms with Gasteiger partial charge in [-0.15, -0.1) is 0 Å². The van der Waals surface area contributed by atoms with E-state index in [1.54, 1.807) is 12.1 Å². The molecule has 1 aromatic carbocycles. The fraction of sp³-hybridized carbons (Fsp3) is 0.682. The molecular formula is C22H31N3O2. The van der Waals surface area contributed by atoms with Gasteiger partial charge in [-0.1, -0.05) is 13.8 Å². The van der Waals surface area contributed by atoms with Crippen molar-refractivity contribution >= 4 is 17.2 Å². The Bertz CT molecular complexity index is 744. The standard InChI is InChI=1S/C22H31N3O2/c1-14(2)13-24-20-10-16-7-17(11-20)9-18(8-16)12-22(24)23-21-5-4-19(25(26)27)6-15(21)3/h4-6,14,16-18,20H,7-13H2,1-3H3. The van der Waals surface area contributed by atoms with E-state index in [-0.39, 0.29) is 10.6 Å². The van der Waals surface area contributed by atoms with Gasteiger partial charge in [0.2, 0.25) is 0 Å². The molecule has 2 atom stereocenters. The Hall–Kier alpha value is -1.91. The number of amidine groups is 1. The first-order valence-electron chi connectivity index (χ1n) is 10.5. The molecule has 2 unspecified atom stereocenters. The molecule has 27 heavy (non-hydrogen) atoms. The van der Waals surface area contributed by atoms with Crippen molar-refractivity contribution in [2.45, 2.75) is 65.3 Å². The molecule has 0 aromatic heterocycles. The lowest BCUT2D eigenvalue weighted by atomic mass is 9.64. The smallest absolute Gasteiger partial charge is 0.269 e. The summed E-state index contributed by atoms with van der Waals surface area (Å²) in [5.74, 6) is 4.38. The second kappa shape index (κ2) is 7.25. The third-order valence-electron chi connectivity index (χ3n) is 6.66. The van der Waals surface area contributed by atoms with Crippen LogP contribution in [0.2, 0.25) is 0 Å². The van der Waals surface area contributed by atoms with Crippen LogP contribution >= 0.6 is 0 Å². The Balaban J connectivity index is 1.70. The molecular weight excluding hydrogens is 338 g/mol. The van der Waals surface area contributed by atoms with E-state index in [0.29, 0.717) is 12.0 Å². The number of fused-ring (bicyclic) bond motifs is 2. The zero-order valence-corrected chi connectivity index (χ0v) is 16.7. The maximum atomic E-state index is 11.0. The minimum Gasteiger partial charge on any atom is -0.357 e. The van der Waals surface area contributed by atoms with Crippen molar-refractivity contribution in [3.63, 3.8) is 0 Å². The molecule has 5 heteroatoms. The molecule has 2 heterocycles. The molecule has 0 N–H and O–H groups in total. The SMILES string of the molecule is Cc1cc([N+](=O)[O-])ccc1N=C1CC2CC3CC(C2)CC(C3)N1CC(C)C. The van der Waals surface area contributed by atoms with Gasteiger partial charge in [0, 0.05) is 31.1 Å². The topological polar surface area (TPSA) is 58.7 Å². The number of benzene rings is 1. The minimum absolute atomic E-state index is 0.144. The number of hydrogen-bond acceptors (Lipinski definition) is 3. The molecule has 0 spiro atoms. The molecule has 4 aliphatic rings. The molecule has 5 nitrogen and oxygen atoms in total. The number of rotatable bonds is 4. The van der Waals surface area contributed by atoms with Crippen LogP contribution in [0.15, 0.2) is 23.2 Å². The zero-order chi connectivity index (χ0) is 19.1. The summed E-state index contributed by atoms with van der Waals surface area (Å²) >= 11 is 0. The first-order chi connectivity index (χ1) is 12.9. The third-order valence-corrected chi connectivity index (χ3v) is 6.66. The molecule has 4 fully saturated rings. The molecule has 5 rings (SSSR count). The van der Waals surface area contributed by atoms with Gasteiger partial charge in [-0.2, -0.15) is 0 Å². The second-order valence-corrected chi connectivity index (χ2v) is 9.44. The van der Waals surface area contributed by atoms with Gasteiger partial charge in [0.25, 0.3) is 5.69 Å². The fourth-order valence-electron chi connectivity index (χ4n) is 5.74. The maximum Gasteiger partial charge on any atom is 0.269 e. The van der Waals surface area contributed by atoms with Crippen molar-refractivity contribution in [1.29, 1.82) is 0 Å². The molecule has 2 saturated carbocycles. The highest BCUT2D eigenvalue weighted by atomic mass is 16.6. The quantitative estimate of drug-likeness (QED) is 0.521. The van der Waals surface area contributed by atoms with Gasteiger partial charge in [-0.3, -0.25) is 10.1 Å². The van der Waals surface area contributed by atoms with E-state index in [1.807, 2.05) is 13.0 Å². The number of aliphatic imine (C=N–C) groups is 1. The van der Waals surface area contributed by atoms with Crippen molar-refractivity contribution in [2.75, 3.05) is 6.54 Å². The summed E-state index contributed by atoms with van der Waals surface area (Å²) in [4.78, 5) is 18.4. The van der Waals surface area contributed by atoms with E-state index in [9.17, 15) is 10.1 Å². The predicted molar refractivity (Wildman–Crippen MR) is 108 cm³/mol. The molecule has 0 amide bonds. The molecule has 2 aliphatic carbocycles. The van der Waals surface area contributed by atoms with Gasteiger partial charge >= 0.3 is 0 Å². The number of aryl methyl sites for hydroxylation is 1. The Morgan fingerprint density at radius 2 is 1.81 bits per heavy atom. The maximum absolute atomic E-state index is 11.0. The third kappa shape index (κ3) is 3.87. The van der Waals surface area contributed by atoms with Crippen LogP contribution in [0.1, 0.15) is 57.9 Å². The molecule has 1 aromatic rings. The Morgan fingerprint density at radius 1 is 1.15 bits per heavy atom. The van der Waals surface area contributed by atoms with E-state index < -0.39 is 0 Å². The van der Waals surface area contributed by atoms with Crippen LogP contribution in [0.5, 0.6) is 0 Å². The summed E-state index contributed by atoms with van der Waals surface area (Å²) in [7, 11) is 0. The number of nitro groups is 1. The summed E-state index contributed by atoms with van der Waals surface area (Å²) in [6.45, 7) is 7.56. The van der Waals surface area contributed by atoms with Crippen LogP contribution in [0.4, 0.5) is 11.4 Å². The normalized spacial score (nSPS) is 31.4. The lowest BCUT2D eigenvalue weighted by Crippen LogP contribution is -2.51. The predicted octanol–water partition coefficient (Wildman–Crippen LogP) is 5.49. The monoisotopic (exact) mass is 369 g/mol. The average Bonchev–Trinajstić information content (AvgIpc) is 2.58. The number of hydrogen-bond donors (Lipinski definition) is 0. The molecule has 0 radical (unpaired) electrons. The Morgan fingerprint density at radius 3 is 2.41 bits per heavy atom. The fourth-order valence-corrected chi connectivity index (χ4v) is 5.74. The largest absolute Gasteiger partial charge is 0.357 e. The summed E-state index contributed by atoms with van der Waals surface area (Å²) in [5.41, 5.74) is 1.91. The zero-order valence-electron chi connectivity index (χ0n) is 16.7. The molecule has 2 saturated heterocycles. The molecule has 146 valence electrons. The van der Waals surface area contributed by atoms with Crippen LogP contribution in [-0.2, 0) is 0 Å². The highest BCUT2D eigenvalue weighted by Gasteiger charge is 2.42. The highest BCUT2D eigenvalue weighted by molar-refractivity contribution is 5.86. The van der Waals surface area contributed by atoms with E-state index in [4.69, 9.17) is 4.99 Å². The number of nitrogens with zero attached hydrogens (tertiary/aromatic N) is 3. The van der Waals surface area contributed by atoms with Crippen molar-refractivity contribution in [3.8, 4) is 0 Å². The van der Waals surface area contributed by atoms with E-state index in [1.165, 1.54) is 37.9 Å². The van der Waals surface area contributed by atoms with Gasteiger partial charge in [-0.05, 0) is 74.3 Å². The van der Waals surface area contributed by atoms with E-state index >= 15 is 0 Å². The lowest BCUT2D eigenvalue weighted by molar-refractivity contribution is -0.384. The van der Waals surface area contributed by atoms with Crippen LogP contribution < -0.4 is 0 Å². The highest BCUT2D eigenvalue weighted by Crippen LogP contribution is 2.47. The number of non-ortho nitro benzene ring substituents is 1. The molecule has 2 aliphatic heterocycles. The summed E-state index contributed by atoms with van der Waals surface area (Å²) in [5, 5.41) is 11.0. The van der Waals surface area contributed by atoms with Crippen molar-refractivity contribution in [2.24, 2.45) is 28.7 Å². The van der Waals surface area contributed by atoms with E-state index in [0.717, 1.165) is 42.0 Å². The van der Waals surface area contributed by atoms with Crippen LogP contribution in [-0.4, -0.2) is 28.2 Å². The van der Waals surface area contributed by atoms with Crippen molar-refractivity contribution in [1.82, 2.24) is 4.90 Å². The number of nitro benzene ring substituents is 1. The first-order valence-corrected chi connectivity index (χ1v) is 10.5. The van der Waals surface area contributed by atoms with Crippen LogP contribution in [0.25, 0.3) is 0 Å². The van der Waals surface area contributed by atoms with Crippen LogP contribution in [0.3, 0.4) is 0 Å². The van der Waals surface area contributed by atoms with Gasteiger partial charge in [-0.25, -0.2) is 4.99 Å². The molecule has 4 bridgehead atoms. The second-order valence-electron chi connectivity index (χ2n) is 9.44. The lowest BCUT2D eigenvalue weighted by Gasteiger charge is -2.50. The van der Waals surface area contributed by atoms with Crippen LogP contribution in [0, 0.1) is 40.7 Å². The van der Waals surface area contributed by atoms with Gasteiger partial charge in [0.05, 0.1) is 10.6 Å². The van der Waals surface area contributed by atoms with Crippen molar-refractivity contribution < 1.29 is 4.92 Å². The Labute approximate surface area is 162 Å². The summed E-state index contributed by atoms with van der Waals surface area (Å²) in [6, 6.07) is 5.66. The van der Waals surface area contributed by atoms with Gasteiger partial charge in [0.15, 0.2) is 0 Å². The average molecular weight is 370 g/mol. The van der Waals surface area contributed by atoms with Gasteiger partial charge < -0.3 is 4.90 Å². The van der Waals surface area contributed by atoms with E-state index in [2.05, 4.69) is 18.7 Å². The summed E-state index contributed by atoms with van der Waals surface area (Å²) in [6.07, 6.45) is 7.86. The Kier molecular flexibility index (Phi) is 4.95.